The minimum absolute atomic E-state index is 0.641. The molecule has 0 atom stereocenters. The molecule has 1 fully saturated rings. The largest absolute Gasteiger partial charge is 0.497 e. The van der Waals surface area contributed by atoms with Crippen molar-refractivity contribution in [1.29, 1.82) is 0 Å². The van der Waals surface area contributed by atoms with Gasteiger partial charge < -0.3 is 23.9 Å². The molecule has 0 saturated carbocycles. The molecule has 1 aliphatic rings. The fourth-order valence-electron chi connectivity index (χ4n) is 4.38. The number of aromatic amines is 1. The first-order chi connectivity index (χ1) is 16.6. The summed E-state index contributed by atoms with van der Waals surface area (Å²) in [5.74, 6) is 3.80. The van der Waals surface area contributed by atoms with E-state index in [2.05, 4.69) is 27.8 Å². The first kappa shape index (κ1) is 23.9. The molecule has 0 spiro atoms. The molecule has 3 aromatic rings. The third-order valence-corrected chi connectivity index (χ3v) is 6.37. The molecule has 1 aromatic heterocycles. The number of benzene rings is 2. The van der Waals surface area contributed by atoms with Gasteiger partial charge in [-0.05, 0) is 37.3 Å². The normalized spacial score (nSPS) is 14.7. The minimum Gasteiger partial charge on any atom is -0.497 e. The maximum atomic E-state index is 5.66. The van der Waals surface area contributed by atoms with Crippen LogP contribution in [0.4, 0.5) is 0 Å². The second-order valence-electron chi connectivity index (χ2n) is 8.43. The molecule has 2 aromatic carbocycles. The number of methoxy groups -OCH3 is 4. The lowest BCUT2D eigenvalue weighted by atomic mass is 10.1. The monoisotopic (exact) mass is 466 g/mol. The van der Waals surface area contributed by atoms with E-state index in [1.807, 2.05) is 30.3 Å². The van der Waals surface area contributed by atoms with Crippen LogP contribution >= 0.6 is 0 Å². The molecule has 0 amide bonds. The van der Waals surface area contributed by atoms with Crippen LogP contribution < -0.4 is 18.9 Å². The topological polar surface area (TPSA) is 72.1 Å². The van der Waals surface area contributed by atoms with Gasteiger partial charge in [0.05, 0.1) is 34.1 Å². The van der Waals surface area contributed by atoms with Gasteiger partial charge in [0, 0.05) is 56.1 Å². The van der Waals surface area contributed by atoms with E-state index in [4.69, 9.17) is 23.9 Å². The summed E-state index contributed by atoms with van der Waals surface area (Å²) in [4.78, 5) is 13.2. The molecule has 1 aliphatic heterocycles. The van der Waals surface area contributed by atoms with Gasteiger partial charge >= 0.3 is 0 Å². The molecular weight excluding hydrogens is 432 g/mol. The van der Waals surface area contributed by atoms with E-state index in [1.54, 1.807) is 28.4 Å². The van der Waals surface area contributed by atoms with Gasteiger partial charge in [-0.2, -0.15) is 0 Å². The summed E-state index contributed by atoms with van der Waals surface area (Å²) in [6, 6.07) is 12.0. The van der Waals surface area contributed by atoms with Crippen molar-refractivity contribution in [2.75, 3.05) is 54.6 Å². The van der Waals surface area contributed by atoms with Crippen LogP contribution in [0.25, 0.3) is 11.4 Å². The van der Waals surface area contributed by atoms with Crippen LogP contribution in [-0.4, -0.2) is 74.4 Å². The molecule has 4 rings (SSSR count). The Balaban J connectivity index is 1.36. The Hall–Kier alpha value is -3.23. The minimum atomic E-state index is 0.641. The summed E-state index contributed by atoms with van der Waals surface area (Å²) in [6.07, 6.45) is 0. The summed E-state index contributed by atoms with van der Waals surface area (Å²) in [7, 11) is 6.62. The number of hydrogen-bond acceptors (Lipinski definition) is 7. The number of hydrogen-bond donors (Lipinski definition) is 1. The SMILES string of the molecule is COc1ccc(-c2nc(CN3CCN(Cc4ccc(OC)c(OC)c4OC)CC3)c(C)[nH]2)cc1. The number of H-pyrrole nitrogens is 1. The average Bonchev–Trinajstić information content (AvgIpc) is 3.24. The van der Waals surface area contributed by atoms with Crippen molar-refractivity contribution in [2.24, 2.45) is 0 Å². The highest BCUT2D eigenvalue weighted by molar-refractivity contribution is 5.57. The van der Waals surface area contributed by atoms with Crippen LogP contribution in [0.5, 0.6) is 23.0 Å². The summed E-state index contributed by atoms with van der Waals surface area (Å²) in [5, 5.41) is 0. The van der Waals surface area contributed by atoms with E-state index in [1.165, 1.54) is 0 Å². The maximum Gasteiger partial charge on any atom is 0.203 e. The smallest absolute Gasteiger partial charge is 0.203 e. The Morgan fingerprint density at radius 2 is 1.41 bits per heavy atom. The van der Waals surface area contributed by atoms with E-state index >= 15 is 0 Å². The van der Waals surface area contributed by atoms with Crippen LogP contribution in [0.15, 0.2) is 36.4 Å². The third kappa shape index (κ3) is 5.13. The predicted molar refractivity (Wildman–Crippen MR) is 132 cm³/mol. The number of rotatable bonds is 9. The molecule has 34 heavy (non-hydrogen) atoms. The van der Waals surface area contributed by atoms with Gasteiger partial charge in [-0.25, -0.2) is 4.98 Å². The lowest BCUT2D eigenvalue weighted by molar-refractivity contribution is 0.120. The van der Waals surface area contributed by atoms with Crippen LogP contribution in [0.2, 0.25) is 0 Å². The molecule has 0 bridgehead atoms. The number of nitrogens with one attached hydrogen (secondary N) is 1. The molecule has 2 heterocycles. The predicted octanol–water partition coefficient (Wildman–Crippen LogP) is 3.74. The molecular formula is C26H34N4O4. The highest BCUT2D eigenvalue weighted by Gasteiger charge is 2.22. The first-order valence-corrected chi connectivity index (χ1v) is 11.5. The molecule has 0 radical (unpaired) electrons. The van der Waals surface area contributed by atoms with Crippen molar-refractivity contribution in [1.82, 2.24) is 19.8 Å². The van der Waals surface area contributed by atoms with Gasteiger partial charge in [-0.1, -0.05) is 6.07 Å². The van der Waals surface area contributed by atoms with Crippen LogP contribution in [-0.2, 0) is 13.1 Å². The standard InChI is InChI=1S/C26H34N4O4/c1-18-22(28-26(27-18)19-6-9-21(31-2)10-7-19)17-30-14-12-29(13-15-30)16-20-8-11-23(32-3)25(34-5)24(20)33-4/h6-11H,12-17H2,1-5H3,(H,27,28). The van der Waals surface area contributed by atoms with Crippen molar-refractivity contribution < 1.29 is 18.9 Å². The van der Waals surface area contributed by atoms with Crippen molar-refractivity contribution in [3.8, 4) is 34.4 Å². The van der Waals surface area contributed by atoms with E-state index < -0.39 is 0 Å². The van der Waals surface area contributed by atoms with Crippen molar-refractivity contribution in [2.45, 2.75) is 20.0 Å². The lowest BCUT2D eigenvalue weighted by Crippen LogP contribution is -2.45. The summed E-state index contributed by atoms with van der Waals surface area (Å²) in [6.45, 7) is 7.67. The van der Waals surface area contributed by atoms with Gasteiger partial charge in [0.25, 0.3) is 0 Å². The molecule has 1 saturated heterocycles. The molecule has 0 unspecified atom stereocenters. The summed E-state index contributed by atoms with van der Waals surface area (Å²) >= 11 is 0. The second kappa shape index (κ2) is 10.8. The van der Waals surface area contributed by atoms with Gasteiger partial charge in [-0.3, -0.25) is 9.80 Å². The zero-order valence-electron chi connectivity index (χ0n) is 20.7. The van der Waals surface area contributed by atoms with E-state index in [-0.39, 0.29) is 0 Å². The highest BCUT2D eigenvalue weighted by atomic mass is 16.5. The quantitative estimate of drug-likeness (QED) is 0.515. The van der Waals surface area contributed by atoms with Crippen molar-refractivity contribution in [3.63, 3.8) is 0 Å². The molecule has 1 N–H and O–H groups in total. The van der Waals surface area contributed by atoms with Gasteiger partial charge in [0.15, 0.2) is 11.5 Å². The number of aryl methyl sites for hydroxylation is 1. The number of aromatic nitrogens is 2. The third-order valence-electron chi connectivity index (χ3n) is 6.37. The first-order valence-electron chi connectivity index (χ1n) is 11.5. The molecule has 0 aliphatic carbocycles. The zero-order chi connectivity index (χ0) is 24.1. The summed E-state index contributed by atoms with van der Waals surface area (Å²) in [5.41, 5.74) is 4.37. The molecule has 8 heteroatoms. The number of imidazole rings is 1. The molecule has 8 nitrogen and oxygen atoms in total. The van der Waals surface area contributed by atoms with Crippen molar-refractivity contribution >= 4 is 0 Å². The Kier molecular flexibility index (Phi) is 7.59. The summed E-state index contributed by atoms with van der Waals surface area (Å²) < 4.78 is 21.9. The Morgan fingerprint density at radius 3 is 2.00 bits per heavy atom. The van der Waals surface area contributed by atoms with Crippen LogP contribution in [0, 0.1) is 6.92 Å². The van der Waals surface area contributed by atoms with E-state index in [0.717, 1.165) is 79.1 Å². The van der Waals surface area contributed by atoms with E-state index in [0.29, 0.717) is 11.5 Å². The Bertz CT molecular complexity index is 1090. The lowest BCUT2D eigenvalue weighted by Gasteiger charge is -2.34. The van der Waals surface area contributed by atoms with Gasteiger partial charge in [0.1, 0.15) is 11.6 Å². The average molecular weight is 467 g/mol. The molecule has 182 valence electrons. The number of piperazine rings is 1. The maximum absolute atomic E-state index is 5.66. The Morgan fingerprint density at radius 1 is 0.765 bits per heavy atom. The second-order valence-corrected chi connectivity index (χ2v) is 8.43. The number of ether oxygens (including phenoxy) is 4. The highest BCUT2D eigenvalue weighted by Crippen LogP contribution is 2.40. The fourth-order valence-corrected chi connectivity index (χ4v) is 4.38. The Labute approximate surface area is 201 Å². The zero-order valence-corrected chi connectivity index (χ0v) is 20.7. The van der Waals surface area contributed by atoms with Crippen LogP contribution in [0.3, 0.4) is 0 Å². The van der Waals surface area contributed by atoms with Crippen molar-refractivity contribution in [3.05, 3.63) is 53.3 Å². The number of nitrogens with zero attached hydrogens (tertiary/aromatic N) is 3. The van der Waals surface area contributed by atoms with Gasteiger partial charge in [0.2, 0.25) is 5.75 Å². The van der Waals surface area contributed by atoms with E-state index in [9.17, 15) is 0 Å². The van der Waals surface area contributed by atoms with Gasteiger partial charge in [-0.15, -0.1) is 0 Å². The van der Waals surface area contributed by atoms with Crippen LogP contribution in [0.1, 0.15) is 17.0 Å². The fraction of sp³-hybridized carbons (Fsp3) is 0.423.